The van der Waals surface area contributed by atoms with E-state index in [1.807, 2.05) is 50.4 Å². The summed E-state index contributed by atoms with van der Waals surface area (Å²) in [5, 5.41) is 9.69. The molecule has 17 heteroatoms. The molecule has 7 rings (SSSR count). The van der Waals surface area contributed by atoms with Gasteiger partial charge >= 0.3 is 0 Å². The first kappa shape index (κ1) is 40.3. The molecule has 3 heterocycles. The number of sulfonamides is 1. The van der Waals surface area contributed by atoms with Crippen LogP contribution >= 0.6 is 22.9 Å². The smallest absolute Gasteiger partial charge is 0.259 e. The van der Waals surface area contributed by atoms with Gasteiger partial charge in [0.25, 0.3) is 5.91 Å². The van der Waals surface area contributed by atoms with Gasteiger partial charge in [-0.3, -0.25) is 19.1 Å². The van der Waals surface area contributed by atoms with Gasteiger partial charge in [-0.15, -0.1) is 17.9 Å². The summed E-state index contributed by atoms with van der Waals surface area (Å²) in [6.07, 6.45) is 3.46. The molecule has 0 spiro atoms. The number of halogens is 1. The lowest BCUT2D eigenvalue weighted by Crippen LogP contribution is -2.58. The van der Waals surface area contributed by atoms with E-state index in [2.05, 4.69) is 26.9 Å². The lowest BCUT2D eigenvalue weighted by atomic mass is 9.85. The number of methoxy groups -OCH3 is 2. The summed E-state index contributed by atoms with van der Waals surface area (Å²) >= 11 is 7.72. The van der Waals surface area contributed by atoms with Crippen molar-refractivity contribution in [2.45, 2.75) is 75.4 Å². The lowest BCUT2D eigenvalue weighted by molar-refractivity contribution is -0.141. The molecule has 2 aromatic carbocycles. The van der Waals surface area contributed by atoms with Crippen molar-refractivity contribution in [1.82, 2.24) is 24.9 Å². The van der Waals surface area contributed by atoms with Crippen LogP contribution in [-0.2, 0) is 24.4 Å². The van der Waals surface area contributed by atoms with E-state index in [9.17, 15) is 22.8 Å². The zero-order valence-corrected chi connectivity index (χ0v) is 34.6. The highest BCUT2D eigenvalue weighted by molar-refractivity contribution is 7.91. The molecular weight excluding hydrogens is 792 g/mol. The van der Waals surface area contributed by atoms with Crippen molar-refractivity contribution in [1.29, 1.82) is 0 Å². The number of ether oxygens (including phenoxy) is 3. The Morgan fingerprint density at radius 2 is 1.82 bits per heavy atom. The minimum absolute atomic E-state index is 0.00391. The average molecular weight is 837 g/mol. The van der Waals surface area contributed by atoms with Gasteiger partial charge in [-0.05, 0) is 67.1 Å². The molecule has 1 aliphatic heterocycles. The number of hydrogen-bond acceptors (Lipinski definition) is 12. The standard InChI is InChI=1S/C40H45ClN6O8S2/c1-7-23-18-40(23,37(50)46-57(51,52)27-13-14-27)45-34(48)31-17-26(55-35-29-16-24(41)10-15-28(29)32(54-6)19-42-35)20-47(31)36(49)33(39(2,3)4)44-38-43-30(21-56-38)22-8-11-25(53-5)12-9-22/h7-12,15-16,19,21,23,26-27,31,33H,1,13-14,17-18,20H2,2-6H3,(H,43,44)(H,45,48)(H,46,50)/t23-,26-,31?,33-,40-/m1/s1. The molecule has 3 aliphatic rings. The van der Waals surface area contributed by atoms with Crippen LogP contribution in [0.1, 0.15) is 46.5 Å². The van der Waals surface area contributed by atoms with Crippen LogP contribution < -0.4 is 29.6 Å². The molecule has 2 aromatic heterocycles. The van der Waals surface area contributed by atoms with Gasteiger partial charge in [0.2, 0.25) is 27.7 Å². The Bertz CT molecular complexity index is 2330. The van der Waals surface area contributed by atoms with E-state index in [0.29, 0.717) is 51.0 Å². The number of thiazole rings is 1. The van der Waals surface area contributed by atoms with Crippen molar-refractivity contribution in [2.75, 3.05) is 26.1 Å². The molecule has 3 fully saturated rings. The zero-order chi connectivity index (χ0) is 40.9. The van der Waals surface area contributed by atoms with E-state index in [1.165, 1.54) is 35.6 Å². The summed E-state index contributed by atoms with van der Waals surface area (Å²) < 4.78 is 45.0. The second kappa shape index (κ2) is 15.4. The molecular formula is C40H45ClN6O8S2. The van der Waals surface area contributed by atoms with Crippen LogP contribution in [0.2, 0.25) is 5.02 Å². The van der Waals surface area contributed by atoms with E-state index in [1.54, 1.807) is 25.3 Å². The molecule has 57 heavy (non-hydrogen) atoms. The minimum atomic E-state index is -3.90. The summed E-state index contributed by atoms with van der Waals surface area (Å²) in [7, 11) is -0.768. The number of fused-ring (bicyclic) bond motifs is 1. The fourth-order valence-corrected chi connectivity index (χ4v) is 9.43. The predicted molar refractivity (Wildman–Crippen MR) is 218 cm³/mol. The third kappa shape index (κ3) is 8.25. The van der Waals surface area contributed by atoms with Crippen LogP contribution in [0.15, 0.2) is 66.7 Å². The summed E-state index contributed by atoms with van der Waals surface area (Å²) in [5.74, 6) is -0.892. The van der Waals surface area contributed by atoms with E-state index < -0.39 is 68.1 Å². The van der Waals surface area contributed by atoms with Gasteiger partial charge in [-0.2, -0.15) is 0 Å². The van der Waals surface area contributed by atoms with Crippen LogP contribution in [0.5, 0.6) is 17.4 Å². The highest BCUT2D eigenvalue weighted by atomic mass is 35.5. The fourth-order valence-electron chi connectivity index (χ4n) is 7.15. The van der Waals surface area contributed by atoms with Crippen molar-refractivity contribution in [3.05, 3.63) is 71.7 Å². The van der Waals surface area contributed by atoms with Gasteiger partial charge in [0, 0.05) is 39.1 Å². The second-order valence-corrected chi connectivity index (χ2v) is 19.0. The van der Waals surface area contributed by atoms with Gasteiger partial charge in [-0.25, -0.2) is 18.4 Å². The van der Waals surface area contributed by atoms with Crippen LogP contribution in [0, 0.1) is 11.3 Å². The number of hydrogen-bond donors (Lipinski definition) is 3. The highest BCUT2D eigenvalue weighted by Gasteiger charge is 2.62. The monoisotopic (exact) mass is 836 g/mol. The third-order valence-electron chi connectivity index (χ3n) is 10.6. The molecule has 5 atom stereocenters. The maximum Gasteiger partial charge on any atom is 0.259 e. The SMILES string of the molecule is C=C[C@@H]1C[C@]1(NC(=O)C1C[C@@H](Oc2ncc(OC)c3ccc(Cl)cc23)CN1C(=O)[C@@H](Nc1nc(-c2ccc(OC)cc2)cs1)C(C)(C)C)C(=O)NS(=O)(=O)C1CC1. The summed E-state index contributed by atoms with van der Waals surface area (Å²) in [5.41, 5.74) is -0.628. The lowest BCUT2D eigenvalue weighted by Gasteiger charge is -2.35. The fraction of sp³-hybridized carbons (Fsp3) is 0.425. The molecule has 2 aliphatic carbocycles. The van der Waals surface area contributed by atoms with Crippen LogP contribution in [0.25, 0.3) is 22.0 Å². The first-order valence-electron chi connectivity index (χ1n) is 18.5. The quantitative estimate of drug-likeness (QED) is 0.135. The number of carbonyl (C=O) groups is 3. The normalized spacial score (nSPS) is 22.4. The van der Waals surface area contributed by atoms with Crippen molar-refractivity contribution in [2.24, 2.45) is 11.3 Å². The molecule has 3 amide bonds. The molecule has 3 N–H and O–H groups in total. The van der Waals surface area contributed by atoms with Crippen molar-refractivity contribution in [3.8, 4) is 28.6 Å². The minimum Gasteiger partial charge on any atom is -0.497 e. The van der Waals surface area contributed by atoms with Crippen LogP contribution in [-0.4, -0.2) is 90.7 Å². The molecule has 2 saturated carbocycles. The van der Waals surface area contributed by atoms with Gasteiger partial charge in [-0.1, -0.05) is 38.4 Å². The third-order valence-corrected chi connectivity index (χ3v) is 13.5. The molecule has 4 aromatic rings. The van der Waals surface area contributed by atoms with Gasteiger partial charge in [0.05, 0.1) is 37.9 Å². The molecule has 0 radical (unpaired) electrons. The Kier molecular flexibility index (Phi) is 10.9. The first-order chi connectivity index (χ1) is 27.1. The average Bonchev–Trinajstić information content (AvgIpc) is 4.07. The first-order valence-corrected chi connectivity index (χ1v) is 21.3. The van der Waals surface area contributed by atoms with Crippen LogP contribution in [0.3, 0.4) is 0 Å². The van der Waals surface area contributed by atoms with E-state index >= 15 is 0 Å². The maximum absolute atomic E-state index is 14.9. The number of carbonyl (C=O) groups excluding carboxylic acids is 3. The number of nitrogens with one attached hydrogen (secondary N) is 3. The number of likely N-dealkylation sites (tertiary alicyclic amines) is 1. The summed E-state index contributed by atoms with van der Waals surface area (Å²) in [6.45, 7) is 9.54. The van der Waals surface area contributed by atoms with Crippen LogP contribution in [0.4, 0.5) is 5.13 Å². The van der Waals surface area contributed by atoms with E-state index in [0.717, 1.165) is 5.56 Å². The van der Waals surface area contributed by atoms with E-state index in [4.69, 9.17) is 30.8 Å². The Hall–Kier alpha value is -4.93. The highest BCUT2D eigenvalue weighted by Crippen LogP contribution is 2.46. The van der Waals surface area contributed by atoms with Crippen molar-refractivity contribution < 1.29 is 37.0 Å². The summed E-state index contributed by atoms with van der Waals surface area (Å²) in [4.78, 5) is 53.6. The second-order valence-electron chi connectivity index (χ2n) is 15.7. The molecule has 0 bridgehead atoms. The van der Waals surface area contributed by atoms with Crippen molar-refractivity contribution in [3.63, 3.8) is 0 Å². The maximum atomic E-state index is 14.9. The number of pyridine rings is 1. The largest absolute Gasteiger partial charge is 0.497 e. The van der Waals surface area contributed by atoms with Gasteiger partial charge in [0.15, 0.2) is 5.13 Å². The number of aromatic nitrogens is 2. The number of benzene rings is 2. The summed E-state index contributed by atoms with van der Waals surface area (Å²) in [6, 6.07) is 10.8. The Balaban J connectivity index is 1.19. The zero-order valence-electron chi connectivity index (χ0n) is 32.2. The van der Waals surface area contributed by atoms with Crippen molar-refractivity contribution >= 4 is 66.6 Å². The number of anilines is 1. The number of amides is 3. The Labute approximate surface area is 340 Å². The molecule has 14 nitrogen and oxygen atoms in total. The Morgan fingerprint density at radius 1 is 1.09 bits per heavy atom. The number of rotatable bonds is 14. The predicted octanol–water partition coefficient (Wildman–Crippen LogP) is 5.57. The van der Waals surface area contributed by atoms with Gasteiger partial charge in [0.1, 0.15) is 35.2 Å². The molecule has 302 valence electrons. The van der Waals surface area contributed by atoms with Gasteiger partial charge < -0.3 is 29.7 Å². The van der Waals surface area contributed by atoms with E-state index in [-0.39, 0.29) is 25.3 Å². The molecule has 1 saturated heterocycles. The Morgan fingerprint density at radius 3 is 2.46 bits per heavy atom. The molecule has 1 unspecified atom stereocenters. The topological polar surface area (TPSA) is 178 Å². The number of nitrogens with zero attached hydrogens (tertiary/aromatic N) is 3.